The number of aryl methyl sites for hydroxylation is 1. The van der Waals surface area contributed by atoms with E-state index in [0.717, 1.165) is 24.8 Å². The zero-order chi connectivity index (χ0) is 16.4. The second-order valence-electron chi connectivity index (χ2n) is 5.82. The van der Waals surface area contributed by atoms with Gasteiger partial charge in [0.25, 0.3) is 10.0 Å². The standard InChI is InChI=1S/C18H19NO3S/c1-2-13-3-11-17(12-4-13)23(21,22)19-16-9-7-15(8-10-16)18(20)14-5-6-14/h3-4,7-12,14,19H,2,5-6H2,1H3. The highest BCUT2D eigenvalue weighted by Gasteiger charge is 2.30. The van der Waals surface area contributed by atoms with Gasteiger partial charge in [0.05, 0.1) is 4.90 Å². The lowest BCUT2D eigenvalue weighted by Crippen LogP contribution is -2.13. The molecule has 1 saturated carbocycles. The average Bonchev–Trinajstić information content (AvgIpc) is 3.39. The van der Waals surface area contributed by atoms with Crippen molar-refractivity contribution in [2.24, 2.45) is 5.92 Å². The van der Waals surface area contributed by atoms with Gasteiger partial charge in [-0.1, -0.05) is 19.1 Å². The second kappa shape index (κ2) is 6.16. The Kier molecular flexibility index (Phi) is 4.22. The van der Waals surface area contributed by atoms with E-state index in [1.807, 2.05) is 19.1 Å². The van der Waals surface area contributed by atoms with Gasteiger partial charge in [0.2, 0.25) is 0 Å². The maximum atomic E-state index is 12.4. The Labute approximate surface area is 136 Å². The van der Waals surface area contributed by atoms with Crippen LogP contribution in [0.15, 0.2) is 53.4 Å². The molecule has 1 N–H and O–H groups in total. The van der Waals surface area contributed by atoms with E-state index in [1.54, 1.807) is 36.4 Å². The third kappa shape index (κ3) is 3.62. The molecule has 5 heteroatoms. The number of carbonyl (C=O) groups is 1. The van der Waals surface area contributed by atoms with Gasteiger partial charge >= 0.3 is 0 Å². The van der Waals surface area contributed by atoms with Crippen LogP contribution in [0, 0.1) is 5.92 Å². The van der Waals surface area contributed by atoms with Crippen LogP contribution in [0.3, 0.4) is 0 Å². The molecule has 0 heterocycles. The minimum atomic E-state index is -3.61. The van der Waals surface area contributed by atoms with Crippen molar-refractivity contribution in [2.75, 3.05) is 4.72 Å². The minimum absolute atomic E-state index is 0.148. The lowest BCUT2D eigenvalue weighted by atomic mass is 10.1. The van der Waals surface area contributed by atoms with Crippen molar-refractivity contribution in [3.8, 4) is 0 Å². The van der Waals surface area contributed by atoms with Crippen LogP contribution < -0.4 is 4.72 Å². The molecule has 0 atom stereocenters. The smallest absolute Gasteiger partial charge is 0.261 e. The first kappa shape index (κ1) is 15.7. The molecule has 0 amide bonds. The lowest BCUT2D eigenvalue weighted by molar-refractivity contribution is 0.0967. The largest absolute Gasteiger partial charge is 0.294 e. The first-order valence-electron chi connectivity index (χ1n) is 7.75. The van der Waals surface area contributed by atoms with Crippen LogP contribution in [0.5, 0.6) is 0 Å². The van der Waals surface area contributed by atoms with Gasteiger partial charge in [-0.05, 0) is 61.2 Å². The fraction of sp³-hybridized carbons (Fsp3) is 0.278. The van der Waals surface area contributed by atoms with Crippen molar-refractivity contribution in [3.05, 3.63) is 59.7 Å². The Balaban J connectivity index is 1.75. The topological polar surface area (TPSA) is 63.2 Å². The summed E-state index contributed by atoms with van der Waals surface area (Å²) in [5.41, 5.74) is 2.19. The molecular formula is C18H19NO3S. The molecule has 0 saturated heterocycles. The highest BCUT2D eigenvalue weighted by Crippen LogP contribution is 2.32. The quantitative estimate of drug-likeness (QED) is 0.823. The van der Waals surface area contributed by atoms with E-state index in [0.29, 0.717) is 11.3 Å². The minimum Gasteiger partial charge on any atom is -0.294 e. The van der Waals surface area contributed by atoms with Crippen LogP contribution in [0.25, 0.3) is 0 Å². The van der Waals surface area contributed by atoms with Crippen LogP contribution in [0.2, 0.25) is 0 Å². The summed E-state index contributed by atoms with van der Waals surface area (Å²) in [7, 11) is -3.61. The SMILES string of the molecule is CCc1ccc(S(=O)(=O)Nc2ccc(C(=O)C3CC3)cc2)cc1. The van der Waals surface area contributed by atoms with Crippen molar-refractivity contribution in [2.45, 2.75) is 31.1 Å². The number of hydrogen-bond donors (Lipinski definition) is 1. The number of ketones is 1. The molecule has 0 unspecified atom stereocenters. The Bertz CT molecular complexity index is 804. The molecular weight excluding hydrogens is 310 g/mol. The molecule has 0 bridgehead atoms. The molecule has 0 spiro atoms. The molecule has 0 aromatic heterocycles. The summed E-state index contributed by atoms with van der Waals surface area (Å²) in [6.45, 7) is 2.02. The van der Waals surface area contributed by atoms with E-state index >= 15 is 0 Å². The molecule has 120 valence electrons. The molecule has 2 aromatic carbocycles. The summed E-state index contributed by atoms with van der Waals surface area (Å²) in [6.07, 6.45) is 2.78. The van der Waals surface area contributed by atoms with Crippen LogP contribution >= 0.6 is 0 Å². The lowest BCUT2D eigenvalue weighted by Gasteiger charge is -2.09. The summed E-state index contributed by atoms with van der Waals surface area (Å²) in [4.78, 5) is 12.2. The number of benzene rings is 2. The molecule has 23 heavy (non-hydrogen) atoms. The summed E-state index contributed by atoms with van der Waals surface area (Å²) in [6, 6.07) is 13.5. The summed E-state index contributed by atoms with van der Waals surface area (Å²) >= 11 is 0. The predicted octanol–water partition coefficient (Wildman–Crippen LogP) is 3.64. The van der Waals surface area contributed by atoms with Gasteiger partial charge in [0.1, 0.15) is 0 Å². The maximum absolute atomic E-state index is 12.4. The van der Waals surface area contributed by atoms with E-state index in [9.17, 15) is 13.2 Å². The number of carbonyl (C=O) groups excluding carboxylic acids is 1. The van der Waals surface area contributed by atoms with Gasteiger partial charge in [0, 0.05) is 17.2 Å². The van der Waals surface area contributed by atoms with Crippen molar-refractivity contribution in [3.63, 3.8) is 0 Å². The number of sulfonamides is 1. The monoisotopic (exact) mass is 329 g/mol. The van der Waals surface area contributed by atoms with E-state index < -0.39 is 10.0 Å². The van der Waals surface area contributed by atoms with Crippen molar-refractivity contribution >= 4 is 21.5 Å². The number of hydrogen-bond acceptors (Lipinski definition) is 3. The Hall–Kier alpha value is -2.14. The normalized spacial score (nSPS) is 14.5. The maximum Gasteiger partial charge on any atom is 0.261 e. The predicted molar refractivity (Wildman–Crippen MR) is 90.1 cm³/mol. The molecule has 1 aliphatic rings. The molecule has 2 aromatic rings. The van der Waals surface area contributed by atoms with Gasteiger partial charge in [-0.3, -0.25) is 9.52 Å². The molecule has 0 aliphatic heterocycles. The van der Waals surface area contributed by atoms with Crippen molar-refractivity contribution < 1.29 is 13.2 Å². The fourth-order valence-electron chi connectivity index (χ4n) is 2.40. The average molecular weight is 329 g/mol. The number of nitrogens with one attached hydrogen (secondary N) is 1. The Morgan fingerprint density at radius 1 is 1.04 bits per heavy atom. The first-order valence-corrected chi connectivity index (χ1v) is 9.24. The molecule has 1 fully saturated rings. The number of anilines is 1. The van der Waals surface area contributed by atoms with Gasteiger partial charge in [-0.2, -0.15) is 0 Å². The van der Waals surface area contributed by atoms with Crippen LogP contribution in [-0.2, 0) is 16.4 Å². The number of Topliss-reactive ketones (excluding diaryl/α,β-unsaturated/α-hetero) is 1. The second-order valence-corrected chi connectivity index (χ2v) is 7.50. The van der Waals surface area contributed by atoms with Crippen LogP contribution in [-0.4, -0.2) is 14.2 Å². The summed E-state index contributed by atoms with van der Waals surface area (Å²) in [5, 5.41) is 0. The highest BCUT2D eigenvalue weighted by molar-refractivity contribution is 7.92. The Morgan fingerprint density at radius 2 is 1.65 bits per heavy atom. The third-order valence-electron chi connectivity index (χ3n) is 4.01. The van der Waals surface area contributed by atoms with E-state index in [-0.39, 0.29) is 16.6 Å². The van der Waals surface area contributed by atoms with E-state index in [1.165, 1.54) is 0 Å². The highest BCUT2D eigenvalue weighted by atomic mass is 32.2. The van der Waals surface area contributed by atoms with Gasteiger partial charge < -0.3 is 0 Å². The van der Waals surface area contributed by atoms with Crippen molar-refractivity contribution in [1.29, 1.82) is 0 Å². The molecule has 4 nitrogen and oxygen atoms in total. The van der Waals surface area contributed by atoms with Gasteiger partial charge in [0.15, 0.2) is 5.78 Å². The zero-order valence-corrected chi connectivity index (χ0v) is 13.8. The third-order valence-corrected chi connectivity index (χ3v) is 5.41. The van der Waals surface area contributed by atoms with Crippen molar-refractivity contribution in [1.82, 2.24) is 0 Å². The van der Waals surface area contributed by atoms with Gasteiger partial charge in [-0.25, -0.2) is 8.42 Å². The fourth-order valence-corrected chi connectivity index (χ4v) is 3.46. The number of rotatable bonds is 6. The zero-order valence-electron chi connectivity index (χ0n) is 13.0. The van der Waals surface area contributed by atoms with E-state index in [2.05, 4.69) is 4.72 Å². The van der Waals surface area contributed by atoms with Crippen LogP contribution in [0.1, 0.15) is 35.7 Å². The summed E-state index contributed by atoms with van der Waals surface area (Å²) < 4.78 is 27.3. The van der Waals surface area contributed by atoms with E-state index in [4.69, 9.17) is 0 Å². The first-order chi connectivity index (χ1) is 11.0. The molecule has 3 rings (SSSR count). The Morgan fingerprint density at radius 3 is 2.17 bits per heavy atom. The molecule has 1 aliphatic carbocycles. The summed E-state index contributed by atoms with van der Waals surface area (Å²) in [5.74, 6) is 0.309. The van der Waals surface area contributed by atoms with Gasteiger partial charge in [-0.15, -0.1) is 0 Å². The van der Waals surface area contributed by atoms with Crippen LogP contribution in [0.4, 0.5) is 5.69 Å². The molecule has 0 radical (unpaired) electrons.